The lowest BCUT2D eigenvalue weighted by molar-refractivity contribution is 0.195. The number of nitrogens with zero attached hydrogens (tertiary/aromatic N) is 6. The molecule has 0 aliphatic carbocycles. The highest BCUT2D eigenvalue weighted by Crippen LogP contribution is 2.37. The van der Waals surface area contributed by atoms with Gasteiger partial charge in [0, 0.05) is 17.2 Å². The maximum absolute atomic E-state index is 15.0. The summed E-state index contributed by atoms with van der Waals surface area (Å²) in [5.41, 5.74) is 1.42. The van der Waals surface area contributed by atoms with Crippen LogP contribution in [0.4, 0.5) is 18.7 Å². The molecule has 2 aromatic carbocycles. The van der Waals surface area contributed by atoms with Gasteiger partial charge >= 0.3 is 6.09 Å². The molecule has 3 heterocycles. The number of benzene rings is 2. The number of amides is 1. The molecule has 0 saturated heterocycles. The highest BCUT2D eigenvalue weighted by Gasteiger charge is 2.30. The monoisotopic (exact) mass is 512 g/mol. The molecule has 0 aliphatic heterocycles. The van der Waals surface area contributed by atoms with Crippen molar-refractivity contribution in [2.45, 2.75) is 36.4 Å². The third kappa shape index (κ3) is 4.42. The second-order valence-electron chi connectivity index (χ2n) is 8.62. The molecule has 0 unspecified atom stereocenters. The first-order valence-electron chi connectivity index (χ1n) is 10.4. The molecule has 0 radical (unpaired) electrons. The highest BCUT2D eigenvalue weighted by atomic mass is 32.2. The van der Waals surface area contributed by atoms with Crippen LogP contribution in [0.15, 0.2) is 58.6 Å². The Morgan fingerprint density at radius 2 is 1.83 bits per heavy atom. The van der Waals surface area contributed by atoms with Gasteiger partial charge < -0.3 is 5.11 Å². The largest absolute Gasteiger partial charge is 0.465 e. The van der Waals surface area contributed by atoms with Gasteiger partial charge in [-0.25, -0.2) is 23.5 Å². The number of hydrogen-bond acceptors (Lipinski definition) is 7. The van der Waals surface area contributed by atoms with Crippen molar-refractivity contribution in [1.29, 1.82) is 0 Å². The van der Waals surface area contributed by atoms with Crippen molar-refractivity contribution < 1.29 is 18.7 Å². The summed E-state index contributed by atoms with van der Waals surface area (Å²) in [6, 6.07) is 12.3. The first kappa shape index (κ1) is 23.1. The van der Waals surface area contributed by atoms with Crippen LogP contribution in [0.2, 0.25) is 0 Å². The number of anilines is 1. The van der Waals surface area contributed by atoms with Gasteiger partial charge in [-0.05, 0) is 75.0 Å². The molecule has 0 saturated carbocycles. The van der Waals surface area contributed by atoms with Crippen molar-refractivity contribution in [2.24, 2.45) is 0 Å². The predicted molar refractivity (Wildman–Crippen MR) is 130 cm³/mol. The Hall–Kier alpha value is -3.64. The second-order valence-corrected chi connectivity index (χ2v) is 10.6. The molecule has 0 fully saturated rings. The molecule has 178 valence electrons. The van der Waals surface area contributed by atoms with E-state index in [2.05, 4.69) is 20.3 Å². The van der Waals surface area contributed by atoms with Crippen molar-refractivity contribution in [3.8, 4) is 11.3 Å². The van der Waals surface area contributed by atoms with Crippen LogP contribution in [-0.2, 0) is 0 Å². The summed E-state index contributed by atoms with van der Waals surface area (Å²) in [6.45, 7) is 5.29. The summed E-state index contributed by atoms with van der Waals surface area (Å²) in [5, 5.41) is 23.0. The predicted octanol–water partition coefficient (Wildman–Crippen LogP) is 6.11. The minimum absolute atomic E-state index is 0.264. The number of fused-ring (bicyclic) bond motifs is 2. The number of aromatic nitrogens is 5. The molecule has 12 heteroatoms. The molecule has 35 heavy (non-hydrogen) atoms. The van der Waals surface area contributed by atoms with Crippen LogP contribution in [-0.4, -0.2) is 41.5 Å². The number of rotatable bonds is 4. The summed E-state index contributed by atoms with van der Waals surface area (Å²) < 4.78 is 30.4. The Morgan fingerprint density at radius 3 is 2.51 bits per heavy atom. The molecule has 3 aromatic heterocycles. The maximum atomic E-state index is 15.0. The highest BCUT2D eigenvalue weighted by molar-refractivity contribution is 7.99. The molecule has 0 atom stereocenters. The minimum atomic E-state index is -1.13. The lowest BCUT2D eigenvalue weighted by Crippen LogP contribution is -2.45. The van der Waals surface area contributed by atoms with Crippen molar-refractivity contribution >= 4 is 50.2 Å². The standard InChI is InChI=1S/C23H18F2N6O2S2/c1-23(2,3)30(22(32)33)20-26-16-10-14(25)17(11-18(16)35-20)34-21-28-27-19-9-8-15(29-31(19)21)12-4-6-13(24)7-5-12/h4-11H,1-3H3,(H,32,33). The van der Waals surface area contributed by atoms with Gasteiger partial charge in [-0.1, -0.05) is 11.3 Å². The van der Waals surface area contributed by atoms with E-state index in [9.17, 15) is 18.7 Å². The zero-order valence-electron chi connectivity index (χ0n) is 18.7. The molecule has 0 bridgehead atoms. The van der Waals surface area contributed by atoms with Gasteiger partial charge in [0.15, 0.2) is 10.8 Å². The summed E-state index contributed by atoms with van der Waals surface area (Å²) in [5.74, 6) is -0.870. The fraction of sp³-hybridized carbons (Fsp3) is 0.174. The maximum Gasteiger partial charge on any atom is 0.414 e. The number of halogens is 2. The van der Waals surface area contributed by atoms with Crippen molar-refractivity contribution in [3.63, 3.8) is 0 Å². The Kier molecular flexibility index (Phi) is 5.64. The van der Waals surface area contributed by atoms with Crippen molar-refractivity contribution in [3.05, 3.63) is 60.2 Å². The topological polar surface area (TPSA) is 96.5 Å². The Morgan fingerprint density at radius 1 is 1.09 bits per heavy atom. The van der Waals surface area contributed by atoms with E-state index in [0.29, 0.717) is 32.3 Å². The minimum Gasteiger partial charge on any atom is -0.465 e. The van der Waals surface area contributed by atoms with Crippen LogP contribution in [0.25, 0.3) is 27.1 Å². The molecule has 0 spiro atoms. The lowest BCUT2D eigenvalue weighted by atomic mass is 10.1. The fourth-order valence-corrected chi connectivity index (χ4v) is 5.53. The third-order valence-corrected chi connectivity index (χ3v) is 7.03. The van der Waals surface area contributed by atoms with E-state index in [4.69, 9.17) is 0 Å². The van der Waals surface area contributed by atoms with Crippen LogP contribution in [0.1, 0.15) is 20.8 Å². The van der Waals surface area contributed by atoms with Crippen molar-refractivity contribution in [2.75, 3.05) is 4.90 Å². The van der Waals surface area contributed by atoms with E-state index >= 15 is 0 Å². The normalized spacial score (nSPS) is 11.9. The Bertz CT molecular complexity index is 1580. The Balaban J connectivity index is 1.52. The third-order valence-electron chi connectivity index (χ3n) is 5.06. The van der Waals surface area contributed by atoms with Crippen LogP contribution >= 0.6 is 23.1 Å². The zero-order valence-corrected chi connectivity index (χ0v) is 20.4. The van der Waals surface area contributed by atoms with Gasteiger partial charge in [-0.15, -0.1) is 10.2 Å². The molecular weight excluding hydrogens is 494 g/mol. The van der Waals surface area contributed by atoms with Crippen LogP contribution in [0.3, 0.4) is 0 Å². The van der Waals surface area contributed by atoms with Gasteiger partial charge in [-0.3, -0.25) is 0 Å². The van der Waals surface area contributed by atoms with Crippen LogP contribution in [0.5, 0.6) is 0 Å². The van der Waals surface area contributed by atoms with Gasteiger partial charge in [-0.2, -0.15) is 9.61 Å². The molecule has 5 rings (SSSR count). The number of carbonyl (C=O) groups is 1. The number of thiazole rings is 1. The molecular formula is C23H18F2N6O2S2. The molecule has 1 amide bonds. The van der Waals surface area contributed by atoms with E-state index in [1.165, 1.54) is 34.1 Å². The van der Waals surface area contributed by atoms with Crippen LogP contribution in [0, 0.1) is 11.6 Å². The van der Waals surface area contributed by atoms with E-state index < -0.39 is 17.4 Å². The van der Waals surface area contributed by atoms with E-state index in [1.54, 1.807) is 51.1 Å². The smallest absolute Gasteiger partial charge is 0.414 e. The molecule has 1 N–H and O–H groups in total. The van der Waals surface area contributed by atoms with Gasteiger partial charge in [0.05, 0.1) is 20.8 Å². The van der Waals surface area contributed by atoms with E-state index in [-0.39, 0.29) is 15.8 Å². The average Bonchev–Trinajstić information content (AvgIpc) is 3.36. The SMILES string of the molecule is CC(C)(C)N(C(=O)O)c1nc2cc(F)c(Sc3nnc4ccc(-c5ccc(F)cc5)nn34)cc2s1. The fourth-order valence-electron chi connectivity index (χ4n) is 3.45. The second kappa shape index (κ2) is 8.54. The van der Waals surface area contributed by atoms with Crippen LogP contribution < -0.4 is 4.90 Å². The van der Waals surface area contributed by atoms with E-state index in [1.807, 2.05) is 0 Å². The summed E-state index contributed by atoms with van der Waals surface area (Å²) in [4.78, 5) is 17.6. The quantitative estimate of drug-likeness (QED) is 0.310. The zero-order chi connectivity index (χ0) is 24.9. The first-order valence-corrected chi connectivity index (χ1v) is 12.0. The number of carboxylic acid groups (broad SMARTS) is 1. The summed E-state index contributed by atoms with van der Waals surface area (Å²) in [6.07, 6.45) is -1.13. The molecule has 8 nitrogen and oxygen atoms in total. The summed E-state index contributed by atoms with van der Waals surface area (Å²) in [7, 11) is 0. The Labute approximate surface area is 206 Å². The average molecular weight is 513 g/mol. The van der Waals surface area contributed by atoms with E-state index in [0.717, 1.165) is 16.7 Å². The van der Waals surface area contributed by atoms with Gasteiger partial charge in [0.2, 0.25) is 5.16 Å². The number of hydrogen-bond donors (Lipinski definition) is 1. The lowest BCUT2D eigenvalue weighted by Gasteiger charge is -2.30. The molecule has 0 aliphatic rings. The van der Waals surface area contributed by atoms with Gasteiger partial charge in [0.1, 0.15) is 11.6 Å². The molecule has 5 aromatic rings. The first-order chi connectivity index (χ1) is 16.6. The van der Waals surface area contributed by atoms with Gasteiger partial charge in [0.25, 0.3) is 0 Å². The summed E-state index contributed by atoms with van der Waals surface area (Å²) >= 11 is 2.21. The van der Waals surface area contributed by atoms with Crippen molar-refractivity contribution in [1.82, 2.24) is 24.8 Å².